The van der Waals surface area contributed by atoms with Crippen LogP contribution in [0.15, 0.2) is 36.5 Å². The third kappa shape index (κ3) is 3.84. The van der Waals surface area contributed by atoms with Crippen molar-refractivity contribution in [1.82, 2.24) is 4.98 Å². The van der Waals surface area contributed by atoms with Crippen molar-refractivity contribution in [1.29, 1.82) is 0 Å². The van der Waals surface area contributed by atoms with Crippen molar-refractivity contribution in [3.63, 3.8) is 0 Å². The summed E-state index contributed by atoms with van der Waals surface area (Å²) >= 11 is 17.1. The van der Waals surface area contributed by atoms with Gasteiger partial charge in [-0.05, 0) is 18.2 Å². The van der Waals surface area contributed by atoms with E-state index in [1.165, 1.54) is 17.2 Å². The molecule has 0 fully saturated rings. The Kier molecular flexibility index (Phi) is 5.39. The molecule has 21 heavy (non-hydrogen) atoms. The van der Waals surface area contributed by atoms with Crippen molar-refractivity contribution in [2.45, 2.75) is 6.54 Å². The van der Waals surface area contributed by atoms with Gasteiger partial charge in [0, 0.05) is 11.8 Å². The number of benzene rings is 1. The van der Waals surface area contributed by atoms with Crippen LogP contribution in [0, 0.1) is 5.82 Å². The highest BCUT2D eigenvalue weighted by Gasteiger charge is 2.19. The lowest BCUT2D eigenvalue weighted by atomic mass is 10.2. The van der Waals surface area contributed by atoms with Gasteiger partial charge >= 0.3 is 0 Å². The first-order valence-electron chi connectivity index (χ1n) is 5.93. The summed E-state index contributed by atoms with van der Waals surface area (Å²) in [5.41, 5.74) is 0.276. The van der Waals surface area contributed by atoms with Gasteiger partial charge in [-0.2, -0.15) is 0 Å². The minimum atomic E-state index is -0.569. The Hall–Kier alpha value is -1.36. The standard InChI is InChI=1S/C14H10Cl3FN2O/c15-6-13(21)20(12-5-4-10(16)7-19-12)8-9-2-1-3-11(17)14(9)18/h1-5,7H,6,8H2. The van der Waals surface area contributed by atoms with E-state index in [4.69, 9.17) is 34.8 Å². The van der Waals surface area contributed by atoms with Gasteiger partial charge in [0.1, 0.15) is 17.5 Å². The maximum atomic E-state index is 14.0. The molecule has 1 heterocycles. The lowest BCUT2D eigenvalue weighted by molar-refractivity contribution is -0.116. The minimum Gasteiger partial charge on any atom is -0.291 e. The van der Waals surface area contributed by atoms with Gasteiger partial charge in [0.15, 0.2) is 0 Å². The molecule has 2 aromatic rings. The first-order valence-corrected chi connectivity index (χ1v) is 7.22. The van der Waals surface area contributed by atoms with Gasteiger partial charge in [-0.25, -0.2) is 9.37 Å². The van der Waals surface area contributed by atoms with Crippen LogP contribution in [0.3, 0.4) is 0 Å². The number of nitrogens with zero attached hydrogens (tertiary/aromatic N) is 2. The summed E-state index contributed by atoms with van der Waals surface area (Å²) in [5.74, 6) is -0.872. The molecule has 0 bridgehead atoms. The van der Waals surface area contributed by atoms with Gasteiger partial charge in [0.05, 0.1) is 16.6 Å². The molecule has 2 rings (SSSR count). The van der Waals surface area contributed by atoms with Crippen molar-refractivity contribution in [2.24, 2.45) is 0 Å². The van der Waals surface area contributed by atoms with Gasteiger partial charge in [-0.15, -0.1) is 11.6 Å². The third-order valence-electron chi connectivity index (χ3n) is 2.76. The fourth-order valence-electron chi connectivity index (χ4n) is 1.74. The summed E-state index contributed by atoms with van der Waals surface area (Å²) in [6, 6.07) is 7.75. The molecule has 3 nitrogen and oxygen atoms in total. The minimum absolute atomic E-state index is 0.00478. The molecule has 110 valence electrons. The van der Waals surface area contributed by atoms with Gasteiger partial charge in [-0.1, -0.05) is 35.3 Å². The number of halogens is 4. The SMILES string of the molecule is O=C(CCl)N(Cc1cccc(Cl)c1F)c1ccc(Cl)cn1. The van der Waals surface area contributed by atoms with E-state index in [0.29, 0.717) is 10.8 Å². The number of carbonyl (C=O) groups excluding carboxylic acids is 1. The highest BCUT2D eigenvalue weighted by molar-refractivity contribution is 6.31. The largest absolute Gasteiger partial charge is 0.291 e. The number of hydrogen-bond donors (Lipinski definition) is 0. The quantitative estimate of drug-likeness (QED) is 0.773. The average molecular weight is 348 g/mol. The number of rotatable bonds is 4. The van der Waals surface area contributed by atoms with Gasteiger partial charge in [0.2, 0.25) is 5.91 Å². The summed E-state index contributed by atoms with van der Waals surface area (Å²) in [6.45, 7) is -0.0213. The van der Waals surface area contributed by atoms with E-state index in [1.807, 2.05) is 0 Å². The van der Waals surface area contributed by atoms with Crippen LogP contribution in [0.1, 0.15) is 5.56 Å². The van der Waals surface area contributed by atoms with E-state index >= 15 is 0 Å². The van der Waals surface area contributed by atoms with E-state index in [1.54, 1.807) is 24.3 Å². The van der Waals surface area contributed by atoms with E-state index < -0.39 is 11.7 Å². The fraction of sp³-hybridized carbons (Fsp3) is 0.143. The van der Waals surface area contributed by atoms with Crippen LogP contribution in [0.25, 0.3) is 0 Å². The molecule has 0 saturated carbocycles. The van der Waals surface area contributed by atoms with Crippen molar-refractivity contribution >= 4 is 46.5 Å². The average Bonchev–Trinajstić information content (AvgIpc) is 2.49. The molecule has 0 saturated heterocycles. The van der Waals surface area contributed by atoms with E-state index in [2.05, 4.69) is 4.98 Å². The topological polar surface area (TPSA) is 33.2 Å². The normalized spacial score (nSPS) is 10.5. The van der Waals surface area contributed by atoms with Crippen molar-refractivity contribution in [3.05, 3.63) is 58.0 Å². The lowest BCUT2D eigenvalue weighted by Crippen LogP contribution is -2.32. The Morgan fingerprint density at radius 2 is 2.00 bits per heavy atom. The van der Waals surface area contributed by atoms with Crippen LogP contribution in [-0.2, 0) is 11.3 Å². The molecular formula is C14H10Cl3FN2O. The fourth-order valence-corrected chi connectivity index (χ4v) is 2.19. The summed E-state index contributed by atoms with van der Waals surface area (Å²) < 4.78 is 14.0. The van der Waals surface area contributed by atoms with Crippen LogP contribution in [0.2, 0.25) is 10.0 Å². The summed E-state index contributed by atoms with van der Waals surface area (Å²) in [6.07, 6.45) is 1.40. The number of carbonyl (C=O) groups is 1. The van der Waals surface area contributed by atoms with Crippen molar-refractivity contribution in [3.8, 4) is 0 Å². The zero-order valence-electron chi connectivity index (χ0n) is 10.7. The van der Waals surface area contributed by atoms with Crippen LogP contribution < -0.4 is 4.90 Å². The van der Waals surface area contributed by atoms with Crippen molar-refractivity contribution in [2.75, 3.05) is 10.8 Å². The molecule has 0 radical (unpaired) electrons. The molecule has 1 amide bonds. The smallest absolute Gasteiger partial charge is 0.243 e. The highest BCUT2D eigenvalue weighted by Crippen LogP contribution is 2.22. The Morgan fingerprint density at radius 3 is 2.62 bits per heavy atom. The molecule has 0 spiro atoms. The molecule has 1 aromatic heterocycles. The molecule has 0 atom stereocenters. The lowest BCUT2D eigenvalue weighted by Gasteiger charge is -2.21. The number of aromatic nitrogens is 1. The monoisotopic (exact) mass is 346 g/mol. The maximum absolute atomic E-state index is 14.0. The summed E-state index contributed by atoms with van der Waals surface area (Å²) in [4.78, 5) is 17.3. The molecule has 0 unspecified atom stereocenters. The zero-order valence-corrected chi connectivity index (χ0v) is 13.0. The highest BCUT2D eigenvalue weighted by atomic mass is 35.5. The molecule has 0 aliphatic carbocycles. The van der Waals surface area contributed by atoms with E-state index in [0.717, 1.165) is 0 Å². The van der Waals surface area contributed by atoms with Crippen LogP contribution in [-0.4, -0.2) is 16.8 Å². The Balaban J connectivity index is 2.35. The molecular weight excluding hydrogens is 338 g/mol. The zero-order chi connectivity index (χ0) is 15.4. The molecule has 0 aliphatic rings. The van der Waals surface area contributed by atoms with E-state index in [9.17, 15) is 9.18 Å². The van der Waals surface area contributed by atoms with Gasteiger partial charge < -0.3 is 0 Å². The second-order valence-corrected chi connectivity index (χ2v) is 5.27. The van der Waals surface area contributed by atoms with Crippen LogP contribution in [0.4, 0.5) is 10.2 Å². The molecule has 1 aromatic carbocycles. The van der Waals surface area contributed by atoms with E-state index in [-0.39, 0.29) is 23.0 Å². The summed E-state index contributed by atoms with van der Waals surface area (Å²) in [5, 5.41) is 0.431. The Bertz CT molecular complexity index is 649. The maximum Gasteiger partial charge on any atom is 0.243 e. The number of hydrogen-bond acceptors (Lipinski definition) is 2. The van der Waals surface area contributed by atoms with Crippen LogP contribution >= 0.6 is 34.8 Å². The molecule has 0 N–H and O–H groups in total. The number of anilines is 1. The first kappa shape index (κ1) is 16.0. The Labute approximate surface area is 136 Å². The summed E-state index contributed by atoms with van der Waals surface area (Å²) in [7, 11) is 0. The van der Waals surface area contributed by atoms with Gasteiger partial charge in [0.25, 0.3) is 0 Å². The molecule has 0 aliphatic heterocycles. The first-order chi connectivity index (χ1) is 10.0. The third-order valence-corrected chi connectivity index (χ3v) is 3.51. The van der Waals surface area contributed by atoms with Gasteiger partial charge in [-0.3, -0.25) is 9.69 Å². The molecule has 7 heteroatoms. The number of pyridine rings is 1. The Morgan fingerprint density at radius 1 is 1.24 bits per heavy atom. The predicted octanol–water partition coefficient (Wildman–Crippen LogP) is 4.30. The number of alkyl halides is 1. The predicted molar refractivity (Wildman–Crippen MR) is 82.6 cm³/mol. The van der Waals surface area contributed by atoms with Crippen LogP contribution in [0.5, 0.6) is 0 Å². The second kappa shape index (κ2) is 7.07. The van der Waals surface area contributed by atoms with Crippen molar-refractivity contribution < 1.29 is 9.18 Å². The number of amides is 1. The second-order valence-electron chi connectivity index (χ2n) is 4.16.